The third-order valence-electron chi connectivity index (χ3n) is 2.52. The zero-order chi connectivity index (χ0) is 11.5. The van der Waals surface area contributed by atoms with Crippen molar-refractivity contribution < 1.29 is 4.74 Å². The van der Waals surface area contributed by atoms with Crippen molar-refractivity contribution in [2.45, 2.75) is 6.54 Å². The first-order chi connectivity index (χ1) is 7.77. The van der Waals surface area contributed by atoms with Gasteiger partial charge in [-0.1, -0.05) is 12.1 Å². The molecule has 0 fully saturated rings. The Morgan fingerprint density at radius 2 is 2.19 bits per heavy atom. The maximum absolute atomic E-state index is 12.0. The van der Waals surface area contributed by atoms with Crippen LogP contribution in [0.5, 0.6) is 5.75 Å². The number of allylic oxidation sites excluding steroid dienone is 1. The molecule has 3 heteroatoms. The normalized spacial score (nSPS) is 10.3. The number of benzene rings is 1. The van der Waals surface area contributed by atoms with E-state index in [-0.39, 0.29) is 5.56 Å². The van der Waals surface area contributed by atoms with Crippen LogP contribution in [0.3, 0.4) is 0 Å². The van der Waals surface area contributed by atoms with Gasteiger partial charge in [-0.25, -0.2) is 0 Å². The quantitative estimate of drug-likeness (QED) is 0.735. The SMILES string of the molecule is C=CCn1ccc2c(OC)cccc2c1=O. The van der Waals surface area contributed by atoms with Crippen molar-refractivity contribution in [3.8, 4) is 5.75 Å². The van der Waals surface area contributed by atoms with Gasteiger partial charge >= 0.3 is 0 Å². The highest BCUT2D eigenvalue weighted by atomic mass is 16.5. The Kier molecular flexibility index (Phi) is 2.77. The number of methoxy groups -OCH3 is 1. The second-order valence-electron chi connectivity index (χ2n) is 3.48. The van der Waals surface area contributed by atoms with E-state index in [4.69, 9.17) is 4.74 Å². The number of ether oxygens (including phenoxy) is 1. The highest BCUT2D eigenvalue weighted by Gasteiger charge is 2.05. The summed E-state index contributed by atoms with van der Waals surface area (Å²) in [5.74, 6) is 0.723. The molecule has 0 amide bonds. The molecule has 1 aromatic carbocycles. The number of nitrogens with zero attached hydrogens (tertiary/aromatic N) is 1. The van der Waals surface area contributed by atoms with Gasteiger partial charge < -0.3 is 9.30 Å². The van der Waals surface area contributed by atoms with Crippen LogP contribution in [0.15, 0.2) is 47.9 Å². The molecule has 0 aliphatic heterocycles. The molecule has 0 aliphatic carbocycles. The van der Waals surface area contributed by atoms with Gasteiger partial charge in [0, 0.05) is 18.1 Å². The fourth-order valence-electron chi connectivity index (χ4n) is 1.75. The van der Waals surface area contributed by atoms with Gasteiger partial charge in [-0.05, 0) is 18.2 Å². The molecule has 2 rings (SSSR count). The first kappa shape index (κ1) is 10.5. The van der Waals surface area contributed by atoms with Gasteiger partial charge in [-0.15, -0.1) is 6.58 Å². The Labute approximate surface area is 93.6 Å². The molecule has 0 bridgehead atoms. The van der Waals surface area contributed by atoms with E-state index in [1.165, 1.54) is 0 Å². The molecule has 0 atom stereocenters. The first-order valence-electron chi connectivity index (χ1n) is 5.05. The smallest absolute Gasteiger partial charge is 0.258 e. The number of aromatic nitrogens is 1. The number of rotatable bonds is 3. The molecule has 3 nitrogen and oxygen atoms in total. The fraction of sp³-hybridized carbons (Fsp3) is 0.154. The lowest BCUT2D eigenvalue weighted by atomic mass is 10.1. The van der Waals surface area contributed by atoms with E-state index in [0.29, 0.717) is 11.9 Å². The van der Waals surface area contributed by atoms with E-state index in [1.807, 2.05) is 18.2 Å². The summed E-state index contributed by atoms with van der Waals surface area (Å²) in [5, 5.41) is 1.51. The molecule has 0 unspecified atom stereocenters. The maximum Gasteiger partial charge on any atom is 0.258 e. The van der Waals surface area contributed by atoms with Gasteiger partial charge in [0.25, 0.3) is 5.56 Å². The zero-order valence-electron chi connectivity index (χ0n) is 9.14. The van der Waals surface area contributed by atoms with E-state index in [9.17, 15) is 4.79 Å². The molecule has 0 saturated carbocycles. The maximum atomic E-state index is 12.0. The molecular weight excluding hydrogens is 202 g/mol. The minimum absolute atomic E-state index is 0.0173. The van der Waals surface area contributed by atoms with Crippen molar-refractivity contribution in [1.29, 1.82) is 0 Å². The van der Waals surface area contributed by atoms with Crippen molar-refractivity contribution in [2.75, 3.05) is 7.11 Å². The number of fused-ring (bicyclic) bond motifs is 1. The highest BCUT2D eigenvalue weighted by molar-refractivity contribution is 5.87. The molecule has 2 aromatic rings. The van der Waals surface area contributed by atoms with E-state index >= 15 is 0 Å². The van der Waals surface area contributed by atoms with Gasteiger partial charge in [-0.3, -0.25) is 4.79 Å². The van der Waals surface area contributed by atoms with E-state index in [2.05, 4.69) is 6.58 Å². The summed E-state index contributed by atoms with van der Waals surface area (Å²) < 4.78 is 6.83. The molecule has 0 aliphatic rings. The zero-order valence-corrected chi connectivity index (χ0v) is 9.14. The first-order valence-corrected chi connectivity index (χ1v) is 5.05. The summed E-state index contributed by atoms with van der Waals surface area (Å²) in [6, 6.07) is 7.36. The summed E-state index contributed by atoms with van der Waals surface area (Å²) in [6.45, 7) is 4.15. The van der Waals surface area contributed by atoms with Crippen LogP contribution in [0.2, 0.25) is 0 Å². The van der Waals surface area contributed by atoms with Gasteiger partial charge in [0.2, 0.25) is 0 Å². The standard InChI is InChI=1S/C13H13NO2/c1-3-8-14-9-7-10-11(13(14)15)5-4-6-12(10)16-2/h3-7,9H,1,8H2,2H3. The predicted molar refractivity (Wildman–Crippen MR) is 65.0 cm³/mol. The van der Waals surface area contributed by atoms with Crippen LogP contribution in [-0.2, 0) is 6.54 Å². The lowest BCUT2D eigenvalue weighted by Crippen LogP contribution is -2.18. The highest BCUT2D eigenvalue weighted by Crippen LogP contribution is 2.22. The largest absolute Gasteiger partial charge is 0.496 e. The van der Waals surface area contributed by atoms with Crippen molar-refractivity contribution >= 4 is 10.8 Å². The lowest BCUT2D eigenvalue weighted by Gasteiger charge is -2.07. The van der Waals surface area contributed by atoms with Crippen molar-refractivity contribution in [3.05, 3.63) is 53.5 Å². The van der Waals surface area contributed by atoms with Gasteiger partial charge in [-0.2, -0.15) is 0 Å². The predicted octanol–water partition coefficient (Wildman–Crippen LogP) is 2.20. The van der Waals surface area contributed by atoms with Crippen LogP contribution < -0.4 is 10.3 Å². The molecule has 0 N–H and O–H groups in total. The van der Waals surface area contributed by atoms with Crippen molar-refractivity contribution in [1.82, 2.24) is 4.57 Å². The molecule has 82 valence electrons. The summed E-state index contributed by atoms with van der Waals surface area (Å²) in [7, 11) is 1.60. The summed E-state index contributed by atoms with van der Waals surface area (Å²) in [6.07, 6.45) is 3.46. The summed E-state index contributed by atoms with van der Waals surface area (Å²) >= 11 is 0. The van der Waals surface area contributed by atoms with Crippen LogP contribution in [-0.4, -0.2) is 11.7 Å². The van der Waals surface area contributed by atoms with Gasteiger partial charge in [0.15, 0.2) is 0 Å². The van der Waals surface area contributed by atoms with E-state index in [0.717, 1.165) is 11.1 Å². The minimum atomic E-state index is -0.0173. The Hall–Kier alpha value is -2.03. The number of hydrogen-bond donors (Lipinski definition) is 0. The third-order valence-corrected chi connectivity index (χ3v) is 2.52. The second kappa shape index (κ2) is 4.23. The summed E-state index contributed by atoms with van der Waals surface area (Å²) in [4.78, 5) is 12.0. The monoisotopic (exact) mass is 215 g/mol. The van der Waals surface area contributed by atoms with Crippen molar-refractivity contribution in [2.24, 2.45) is 0 Å². The Morgan fingerprint density at radius 1 is 1.38 bits per heavy atom. The average Bonchev–Trinajstić information content (AvgIpc) is 2.32. The van der Waals surface area contributed by atoms with Crippen LogP contribution in [0.1, 0.15) is 0 Å². The molecule has 1 aromatic heterocycles. The van der Waals surface area contributed by atoms with Crippen molar-refractivity contribution in [3.63, 3.8) is 0 Å². The molecule has 0 spiro atoms. The van der Waals surface area contributed by atoms with E-state index in [1.54, 1.807) is 30.0 Å². The number of hydrogen-bond acceptors (Lipinski definition) is 2. The molecule has 0 radical (unpaired) electrons. The van der Waals surface area contributed by atoms with Crippen LogP contribution in [0.25, 0.3) is 10.8 Å². The molecule has 1 heterocycles. The fourth-order valence-corrected chi connectivity index (χ4v) is 1.75. The van der Waals surface area contributed by atoms with Crippen LogP contribution >= 0.6 is 0 Å². The van der Waals surface area contributed by atoms with Gasteiger partial charge in [0.1, 0.15) is 5.75 Å². The Morgan fingerprint density at radius 3 is 2.88 bits per heavy atom. The van der Waals surface area contributed by atoms with E-state index < -0.39 is 0 Å². The molecular formula is C13H13NO2. The lowest BCUT2D eigenvalue weighted by molar-refractivity contribution is 0.419. The third kappa shape index (κ3) is 1.60. The average molecular weight is 215 g/mol. The topological polar surface area (TPSA) is 31.2 Å². The minimum Gasteiger partial charge on any atom is -0.496 e. The molecule has 0 saturated heterocycles. The second-order valence-corrected chi connectivity index (χ2v) is 3.48. The Balaban J connectivity index is 2.76. The summed E-state index contributed by atoms with van der Waals surface area (Å²) in [5.41, 5.74) is -0.0173. The van der Waals surface area contributed by atoms with Crippen LogP contribution in [0.4, 0.5) is 0 Å². The molecule has 16 heavy (non-hydrogen) atoms. The Bertz CT molecular complexity index is 584. The van der Waals surface area contributed by atoms with Gasteiger partial charge in [0.05, 0.1) is 12.5 Å². The number of pyridine rings is 1. The van der Waals surface area contributed by atoms with Crippen LogP contribution in [0, 0.1) is 0 Å².